The molecule has 6 nitrogen and oxygen atoms in total. The molecule has 7 heteroatoms. The predicted molar refractivity (Wildman–Crippen MR) is 61.3 cm³/mol. The maximum Gasteiger partial charge on any atom is 0.159 e. The topological polar surface area (TPSA) is 91.0 Å². The summed E-state index contributed by atoms with van der Waals surface area (Å²) >= 11 is 0. The van der Waals surface area contributed by atoms with Crippen molar-refractivity contribution in [3.63, 3.8) is 0 Å². The van der Waals surface area contributed by atoms with Gasteiger partial charge in [0, 0.05) is 6.20 Å². The minimum atomic E-state index is -1.42. The van der Waals surface area contributed by atoms with E-state index in [9.17, 15) is 9.90 Å². The van der Waals surface area contributed by atoms with E-state index >= 15 is 0 Å². The summed E-state index contributed by atoms with van der Waals surface area (Å²) in [5, 5.41) is 19.4. The molecule has 1 heterocycles. The minimum absolute atomic E-state index is 0.0403. The molecule has 0 aliphatic rings. The van der Waals surface area contributed by atoms with Gasteiger partial charge in [0.2, 0.25) is 0 Å². The van der Waals surface area contributed by atoms with E-state index in [1.54, 1.807) is 6.07 Å². The van der Waals surface area contributed by atoms with Gasteiger partial charge in [0.05, 0.1) is 19.1 Å². The normalized spacial score (nSPS) is 10.5. The highest BCUT2D eigenvalue weighted by Gasteiger charge is 2.09. The highest BCUT2D eigenvalue weighted by molar-refractivity contribution is 7.95. The maximum absolute atomic E-state index is 10.7. The molecule has 0 N–H and O–H groups in total. The number of hydrogen-bond acceptors (Lipinski definition) is 5. The van der Waals surface area contributed by atoms with Crippen molar-refractivity contribution in [1.29, 1.82) is 5.26 Å². The lowest BCUT2D eigenvalue weighted by Gasteiger charge is -2.08. The standard InChI is InChI=1S/C10H13N3O3S/c1-17(2)4-3-16-7-13-6-8(5-11)12-9(13)10(14)15/h6H,3-4,7H2,1-2H3. The van der Waals surface area contributed by atoms with Crippen molar-refractivity contribution in [3.8, 4) is 6.07 Å². The first-order chi connectivity index (χ1) is 8.04. The molecule has 0 radical (unpaired) electrons. The Balaban J connectivity index is 2.61. The molecule has 0 saturated carbocycles. The number of carbonyl (C=O) groups is 1. The Hall–Kier alpha value is -1.52. The number of carbonyl (C=O) groups excluding carboxylic acids is 1. The van der Waals surface area contributed by atoms with Gasteiger partial charge in [0.15, 0.2) is 11.5 Å². The fourth-order valence-electron chi connectivity index (χ4n) is 1.12. The van der Waals surface area contributed by atoms with E-state index in [0.29, 0.717) is 6.61 Å². The van der Waals surface area contributed by atoms with Crippen molar-refractivity contribution in [2.45, 2.75) is 6.73 Å². The highest BCUT2D eigenvalue weighted by atomic mass is 32.2. The third-order valence-electron chi connectivity index (χ3n) is 1.94. The number of imidazole rings is 1. The van der Waals surface area contributed by atoms with Gasteiger partial charge in [-0.3, -0.25) is 0 Å². The number of carboxylic acids is 1. The number of ether oxygens (including phenoxy) is 1. The van der Waals surface area contributed by atoms with Gasteiger partial charge in [-0.1, -0.05) is 0 Å². The molecule has 0 amide bonds. The first-order valence-corrected chi connectivity index (χ1v) is 7.06. The van der Waals surface area contributed by atoms with Crippen molar-refractivity contribution in [3.05, 3.63) is 17.7 Å². The lowest BCUT2D eigenvalue weighted by Crippen LogP contribution is -2.27. The molecule has 17 heavy (non-hydrogen) atoms. The molecule has 0 spiro atoms. The molecule has 1 aromatic rings. The molecular weight excluding hydrogens is 242 g/mol. The van der Waals surface area contributed by atoms with Crippen molar-refractivity contribution in [1.82, 2.24) is 9.55 Å². The van der Waals surface area contributed by atoms with Gasteiger partial charge in [-0.05, 0) is 10.9 Å². The Kier molecular flexibility index (Phi) is 5.00. The molecule has 0 fully saturated rings. The summed E-state index contributed by atoms with van der Waals surface area (Å²) in [6.45, 7) is 0.609. The molecule has 0 atom stereocenters. The molecular formula is C10H13N3O3S. The molecule has 0 bridgehead atoms. The van der Waals surface area contributed by atoms with Crippen LogP contribution < -0.4 is 5.11 Å². The van der Waals surface area contributed by atoms with Crippen LogP contribution in [0.3, 0.4) is 0 Å². The van der Waals surface area contributed by atoms with E-state index < -0.39 is 5.97 Å². The third-order valence-corrected chi connectivity index (χ3v) is 2.92. The second-order valence-electron chi connectivity index (χ2n) is 3.55. The number of aromatic carboxylic acids is 1. The molecule has 92 valence electrons. The number of rotatable bonds is 6. The van der Waals surface area contributed by atoms with Gasteiger partial charge in [0.25, 0.3) is 0 Å². The third kappa shape index (κ3) is 4.09. The fraction of sp³-hybridized carbons (Fsp3) is 0.500. The first-order valence-electron chi connectivity index (χ1n) is 4.85. The summed E-state index contributed by atoms with van der Waals surface area (Å²) < 4.78 is 6.57. The quantitative estimate of drug-likeness (QED) is 0.479. The largest absolute Gasteiger partial charge is 0.542 e. The summed E-state index contributed by atoms with van der Waals surface area (Å²) in [6, 6.07) is 1.77. The van der Waals surface area contributed by atoms with Crippen LogP contribution in [0.15, 0.2) is 6.20 Å². The number of hydrogen-bond donors (Lipinski definition) is 0. The van der Waals surface area contributed by atoms with Crippen LogP contribution in [0.1, 0.15) is 16.3 Å². The molecule has 0 aliphatic heterocycles. The van der Waals surface area contributed by atoms with Crippen LogP contribution >= 0.6 is 0 Å². The van der Waals surface area contributed by atoms with E-state index in [0.717, 1.165) is 5.75 Å². The summed E-state index contributed by atoms with van der Waals surface area (Å²) in [7, 11) is 0.285. The number of nitriles is 1. The Morgan fingerprint density at radius 1 is 1.71 bits per heavy atom. The Bertz CT molecular complexity index is 436. The van der Waals surface area contributed by atoms with E-state index in [1.807, 2.05) is 0 Å². The predicted octanol–water partition coefficient (Wildman–Crippen LogP) is -1.03. The number of carboxylic acid groups (broad SMARTS) is 1. The van der Waals surface area contributed by atoms with Crippen LogP contribution in [0.25, 0.3) is 0 Å². The molecule has 0 unspecified atom stereocenters. The van der Waals surface area contributed by atoms with Crippen LogP contribution in [0.5, 0.6) is 0 Å². The van der Waals surface area contributed by atoms with Crippen molar-refractivity contribution in [2.75, 3.05) is 24.9 Å². The zero-order valence-electron chi connectivity index (χ0n) is 9.67. The van der Waals surface area contributed by atoms with Crippen molar-refractivity contribution < 1.29 is 14.6 Å². The Morgan fingerprint density at radius 2 is 2.41 bits per heavy atom. The van der Waals surface area contributed by atoms with Gasteiger partial charge >= 0.3 is 0 Å². The Labute approximate surface area is 102 Å². The maximum atomic E-state index is 10.7. The average molecular weight is 255 g/mol. The monoisotopic (exact) mass is 255 g/mol. The molecule has 1 rings (SSSR count). The van der Waals surface area contributed by atoms with Gasteiger partial charge in [-0.15, -0.1) is 0 Å². The second kappa shape index (κ2) is 6.27. The first kappa shape index (κ1) is 13.5. The summed E-state index contributed by atoms with van der Waals surface area (Å²) in [6.07, 6.45) is 5.53. The van der Waals surface area contributed by atoms with Gasteiger partial charge in [-0.25, -0.2) is 4.98 Å². The minimum Gasteiger partial charge on any atom is -0.542 e. The van der Waals surface area contributed by atoms with Crippen molar-refractivity contribution >= 4 is 16.9 Å². The summed E-state index contributed by atoms with van der Waals surface area (Å²) in [5.74, 6) is -0.783. The number of nitrogens with zero attached hydrogens (tertiary/aromatic N) is 3. The summed E-state index contributed by atoms with van der Waals surface area (Å²) in [4.78, 5) is 14.3. The van der Waals surface area contributed by atoms with Crippen LogP contribution in [0.4, 0.5) is 0 Å². The van der Waals surface area contributed by atoms with Gasteiger partial charge in [0.1, 0.15) is 24.5 Å². The average Bonchev–Trinajstić information content (AvgIpc) is 2.67. The SMILES string of the molecule is C[S+](C)CCOCn1cc(C#N)nc1C(=O)[O-]. The zero-order chi connectivity index (χ0) is 12.8. The van der Waals surface area contributed by atoms with E-state index in [-0.39, 0.29) is 29.1 Å². The Morgan fingerprint density at radius 3 is 2.94 bits per heavy atom. The summed E-state index contributed by atoms with van der Waals surface area (Å²) in [5.41, 5.74) is 0.0403. The van der Waals surface area contributed by atoms with E-state index in [4.69, 9.17) is 10.00 Å². The fourth-order valence-corrected chi connectivity index (χ4v) is 1.57. The van der Waals surface area contributed by atoms with Gasteiger partial charge < -0.3 is 19.2 Å². The number of aromatic nitrogens is 2. The molecule has 0 aromatic carbocycles. The lowest BCUT2D eigenvalue weighted by molar-refractivity contribution is -0.256. The zero-order valence-corrected chi connectivity index (χ0v) is 10.5. The lowest BCUT2D eigenvalue weighted by atomic mass is 10.5. The van der Waals surface area contributed by atoms with Crippen LogP contribution in [-0.4, -0.2) is 40.4 Å². The van der Waals surface area contributed by atoms with E-state index in [2.05, 4.69) is 17.5 Å². The second-order valence-corrected chi connectivity index (χ2v) is 5.93. The molecule has 0 aliphatic carbocycles. The van der Waals surface area contributed by atoms with Gasteiger partial charge in [-0.2, -0.15) is 5.26 Å². The van der Waals surface area contributed by atoms with E-state index in [1.165, 1.54) is 10.8 Å². The highest BCUT2D eigenvalue weighted by Crippen LogP contribution is 2.02. The van der Waals surface area contributed by atoms with Crippen molar-refractivity contribution in [2.24, 2.45) is 0 Å². The molecule has 0 saturated heterocycles. The van der Waals surface area contributed by atoms with Crippen LogP contribution in [0.2, 0.25) is 0 Å². The smallest absolute Gasteiger partial charge is 0.159 e. The van der Waals surface area contributed by atoms with Crippen LogP contribution in [0, 0.1) is 11.3 Å². The molecule has 1 aromatic heterocycles. The van der Waals surface area contributed by atoms with Crippen LogP contribution in [-0.2, 0) is 22.4 Å².